The fourth-order valence-electron chi connectivity index (χ4n) is 12.6. The molecule has 14 amide bonds. The highest BCUT2D eigenvalue weighted by atomic mass is 16.2. The lowest BCUT2D eigenvalue weighted by molar-refractivity contribution is -0.136. The van der Waals surface area contributed by atoms with Crippen LogP contribution in [0.3, 0.4) is 0 Å². The van der Waals surface area contributed by atoms with Crippen LogP contribution in [0.15, 0.2) is 30.3 Å². The second-order valence-corrected chi connectivity index (χ2v) is 28.8. The van der Waals surface area contributed by atoms with E-state index in [1.165, 1.54) is 6.92 Å². The standard InChI is InChI=1S/C72H131N35O14/c1-41(108)97-52(37-42-15-3-2-4-16-42)57(112)96-39-56(111)99-44(19-9-29-90-67(77)78)59(114)100-45(17-5-7-27-73)60(115)101-46(18-6-8-28-74)61(116)103-48(21-11-31-92-69(81)82)63(118)104-50(23-13-33-94-71(85)86)64(119)106-51(24-25-54(75)109)65(120)105-49(22-12-32-93-70(83)84)62(117)102-47(20-10-30-91-68(79)80)58(113)98-43-38-53(66(121)89-35-26-55(76)110)107(40-43)36-14-34-95-72(87)88/h2-4,15-16,43-53H,5-14,17-40,73-74H2,1H3,(H2,75,109)(H2,76,110)(H,89,121)(H,96,112)(H,97,108)(H,98,113)(H,99,111)(H,100,114)(H,101,115)(H,102,117)(H,103,116)(H,104,118)(H,105,120)(H,106,119)(H4,77,78,90)(H4,79,80,91)(H4,81,82,92)(H4,83,84,93)(H4,85,86,94)(H4,87,88,95)/t43-,44-,45-,46-,47-,48-,49-,50-,51-,52-,53-/m0/s1. The summed E-state index contributed by atoms with van der Waals surface area (Å²) in [4.78, 5) is 196. The van der Waals surface area contributed by atoms with Crippen LogP contribution in [-0.2, 0) is 73.5 Å². The van der Waals surface area contributed by atoms with Gasteiger partial charge in [-0.25, -0.2) is 0 Å². The number of benzene rings is 1. The minimum atomic E-state index is -1.74. The van der Waals surface area contributed by atoms with E-state index in [2.05, 4.69) is 95.7 Å². The number of unbranched alkanes of at least 4 members (excludes halogenated alkanes) is 2. The number of primary amides is 2. The smallest absolute Gasteiger partial charge is 0.243 e. The first-order valence-corrected chi connectivity index (χ1v) is 40.2. The third-order valence-electron chi connectivity index (χ3n) is 18.6. The van der Waals surface area contributed by atoms with Crippen LogP contribution in [0.5, 0.6) is 0 Å². The van der Waals surface area contributed by atoms with Crippen LogP contribution in [0.25, 0.3) is 0 Å². The minimum Gasteiger partial charge on any atom is -0.370 e. The first-order chi connectivity index (χ1) is 57.4. The van der Waals surface area contributed by atoms with Crippen molar-refractivity contribution >= 4 is 118 Å². The predicted octanol–water partition coefficient (Wildman–Crippen LogP) is -11.0. The molecule has 0 aromatic heterocycles. The number of nitrogens with zero attached hydrogens (tertiary/aromatic N) is 1. The molecule has 1 heterocycles. The van der Waals surface area contributed by atoms with E-state index >= 15 is 0 Å². The zero-order valence-corrected chi connectivity index (χ0v) is 68.7. The fourth-order valence-corrected chi connectivity index (χ4v) is 12.6. The molecule has 0 bridgehead atoms. The summed E-state index contributed by atoms with van der Waals surface area (Å²) in [6.07, 6.45) is -0.336. The first kappa shape index (κ1) is 104. The third kappa shape index (κ3) is 46.9. The average Bonchev–Trinajstić information content (AvgIpc) is 1.60. The maximum Gasteiger partial charge on any atom is 0.243 e. The van der Waals surface area contributed by atoms with E-state index in [1.54, 1.807) is 35.2 Å². The largest absolute Gasteiger partial charge is 0.370 e. The Balaban J connectivity index is 2.68. The van der Waals surface area contributed by atoms with Crippen molar-refractivity contribution < 1.29 is 67.1 Å². The van der Waals surface area contributed by atoms with Gasteiger partial charge in [-0.05, 0) is 141 Å². The Morgan fingerprint density at radius 3 is 1.03 bits per heavy atom. The number of likely N-dealkylation sites (tertiary alicyclic amines) is 1. The molecule has 49 nitrogen and oxygen atoms in total. The van der Waals surface area contributed by atoms with Crippen LogP contribution in [-0.4, -0.2) is 268 Å². The number of nitrogens with two attached hydrogens (primary N) is 10. The van der Waals surface area contributed by atoms with Crippen LogP contribution in [0.1, 0.15) is 147 Å². The van der Waals surface area contributed by atoms with Gasteiger partial charge in [-0.1, -0.05) is 30.3 Å². The third-order valence-corrected chi connectivity index (χ3v) is 18.6. The van der Waals surface area contributed by atoms with E-state index in [0.717, 1.165) is 0 Å². The molecule has 0 saturated carbocycles. The summed E-state index contributed by atoms with van der Waals surface area (Å²) in [5, 5.41) is 93.5. The molecule has 1 aromatic rings. The maximum absolute atomic E-state index is 15.0. The zero-order valence-electron chi connectivity index (χ0n) is 68.7. The van der Waals surface area contributed by atoms with Gasteiger partial charge in [0, 0.05) is 91.1 Å². The number of nitrogens with one attached hydrogen (secondary N) is 24. The lowest BCUT2D eigenvalue weighted by Gasteiger charge is -2.28. The summed E-state index contributed by atoms with van der Waals surface area (Å²) in [6, 6.07) is -6.05. The highest BCUT2D eigenvalue weighted by Crippen LogP contribution is 2.20. The normalized spacial score (nSPS) is 15.0. The summed E-state index contributed by atoms with van der Waals surface area (Å²) < 4.78 is 0. The minimum absolute atomic E-state index is 0.0134. The molecule has 0 spiro atoms. The molecule has 1 aliphatic rings. The van der Waals surface area contributed by atoms with E-state index in [4.69, 9.17) is 89.8 Å². The van der Waals surface area contributed by atoms with Gasteiger partial charge in [0.05, 0.1) is 12.6 Å². The number of guanidine groups is 6. The van der Waals surface area contributed by atoms with Crippen LogP contribution < -0.4 is 153 Å². The van der Waals surface area contributed by atoms with Crippen molar-refractivity contribution in [2.45, 2.75) is 215 Å². The molecule has 0 unspecified atom stereocenters. The maximum atomic E-state index is 15.0. The van der Waals surface area contributed by atoms with E-state index in [1.807, 2.05) is 0 Å². The fraction of sp³-hybridized carbons (Fsp3) is 0.639. The monoisotopic (exact) mass is 1710 g/mol. The molecule has 1 aliphatic heterocycles. The number of carbonyl (C=O) groups is 14. The lowest BCUT2D eigenvalue weighted by atomic mass is 10.0. The van der Waals surface area contributed by atoms with Crippen molar-refractivity contribution in [3.05, 3.63) is 35.9 Å². The van der Waals surface area contributed by atoms with Gasteiger partial charge in [-0.3, -0.25) is 104 Å². The Hall–Kier alpha value is -12.7. The molecule has 1 fully saturated rings. The zero-order chi connectivity index (χ0) is 90.4. The second kappa shape index (κ2) is 59.0. The van der Waals surface area contributed by atoms with Gasteiger partial charge in [0.25, 0.3) is 0 Å². The highest BCUT2D eigenvalue weighted by Gasteiger charge is 2.40. The van der Waals surface area contributed by atoms with Crippen molar-refractivity contribution in [3.8, 4) is 0 Å². The number of hydrogen-bond donors (Lipinski definition) is 34. The Labute approximate surface area is 702 Å². The van der Waals surface area contributed by atoms with Crippen LogP contribution in [0.4, 0.5) is 0 Å². The molecule has 0 aliphatic carbocycles. The molecule has 11 atom stereocenters. The first-order valence-electron chi connectivity index (χ1n) is 40.2. The summed E-state index contributed by atoms with van der Waals surface area (Å²) in [7, 11) is 0. The predicted molar refractivity (Wildman–Crippen MR) is 449 cm³/mol. The van der Waals surface area contributed by atoms with Gasteiger partial charge < -0.3 is 153 Å². The van der Waals surface area contributed by atoms with E-state index in [-0.39, 0.29) is 192 Å². The molecule has 121 heavy (non-hydrogen) atoms. The van der Waals surface area contributed by atoms with Crippen LogP contribution in [0.2, 0.25) is 0 Å². The molecule has 2 rings (SSSR count). The van der Waals surface area contributed by atoms with Crippen molar-refractivity contribution in [1.82, 2.24) is 101 Å². The van der Waals surface area contributed by atoms with E-state index in [0.29, 0.717) is 31.4 Å². The summed E-state index contributed by atoms with van der Waals surface area (Å²) >= 11 is 0. The van der Waals surface area contributed by atoms with Gasteiger partial charge in [-0.15, -0.1) is 0 Å². The molecule has 49 heteroatoms. The van der Waals surface area contributed by atoms with Gasteiger partial charge >= 0.3 is 0 Å². The van der Waals surface area contributed by atoms with Crippen molar-refractivity contribution in [3.63, 3.8) is 0 Å². The van der Waals surface area contributed by atoms with Gasteiger partial charge in [0.1, 0.15) is 54.4 Å². The van der Waals surface area contributed by atoms with E-state index in [9.17, 15) is 67.1 Å². The van der Waals surface area contributed by atoms with Crippen LogP contribution in [0, 0.1) is 32.5 Å². The second-order valence-electron chi connectivity index (χ2n) is 28.8. The summed E-state index contributed by atoms with van der Waals surface area (Å²) in [5.41, 5.74) is 56.6. The lowest BCUT2D eigenvalue weighted by Crippen LogP contribution is -2.60. The topological polar surface area (TPSA) is 862 Å². The summed E-state index contributed by atoms with van der Waals surface area (Å²) in [5.74, 6) is -14.1. The average molecular weight is 1710 g/mol. The van der Waals surface area contributed by atoms with Gasteiger partial charge in [0.2, 0.25) is 82.7 Å². The number of rotatable bonds is 62. The van der Waals surface area contributed by atoms with Gasteiger partial charge in [-0.2, -0.15) is 0 Å². The molecule has 1 aromatic carbocycles. The number of carbonyl (C=O) groups excluding carboxylic acids is 14. The number of hydrogen-bond acceptors (Lipinski definition) is 23. The Kier molecular flexibility index (Phi) is 50.9. The quantitative estimate of drug-likeness (QED) is 0.0164. The highest BCUT2D eigenvalue weighted by molar-refractivity contribution is 5.99. The number of amides is 14. The summed E-state index contributed by atoms with van der Waals surface area (Å²) in [6.45, 7) is 1.53. The van der Waals surface area contributed by atoms with Gasteiger partial charge in [0.15, 0.2) is 35.8 Å². The molecular weight excluding hydrogens is 1580 g/mol. The molecule has 678 valence electrons. The van der Waals surface area contributed by atoms with Crippen LogP contribution >= 0.6 is 0 Å². The van der Waals surface area contributed by atoms with Crippen molar-refractivity contribution in [2.24, 2.45) is 57.3 Å². The molecule has 1 saturated heterocycles. The Morgan fingerprint density at radius 2 is 0.694 bits per heavy atom. The van der Waals surface area contributed by atoms with Crippen molar-refractivity contribution in [2.75, 3.05) is 78.5 Å². The molecule has 0 radical (unpaired) electrons. The molecule has 44 N–H and O–H groups in total. The van der Waals surface area contributed by atoms with E-state index < -0.39 is 186 Å². The molecular formula is C72H131N35O14. The SMILES string of the molecule is CC(=O)N[C@@H](Cc1ccccc1)C(=O)NCC(=O)N[C@@H](CCCNC(=N)N)C(=O)N[C@@H](CCCCN)C(=O)N[C@@H](CCCCN)C(=O)N[C@@H](CCCNC(=N)N)C(=O)N[C@@H](CCCNC(=N)N)C(=O)N[C@@H](CCC(N)=O)C(=O)N[C@@H](CCCNC(=N)N)C(=O)N[C@@H](CCCNC(=N)N)C(=O)N[C@H]1C[C@@H](C(=O)NCCC(N)=O)N(CCCNC(=N)N)C1. The Morgan fingerprint density at radius 1 is 0.364 bits per heavy atom. The Bertz CT molecular complexity index is 3600. The van der Waals surface area contributed by atoms with Crippen molar-refractivity contribution in [1.29, 1.82) is 32.5 Å².